The van der Waals surface area contributed by atoms with Crippen LogP contribution in [0.5, 0.6) is 0 Å². The minimum Gasteiger partial charge on any atom is -0.394 e. The van der Waals surface area contributed by atoms with Crippen molar-refractivity contribution in [2.45, 2.75) is 80.6 Å². The molecule has 2 aliphatic heterocycles. The van der Waals surface area contributed by atoms with Crippen molar-refractivity contribution in [3.63, 3.8) is 0 Å². The highest BCUT2D eigenvalue weighted by Crippen LogP contribution is 2.29. The van der Waals surface area contributed by atoms with Gasteiger partial charge >= 0.3 is 0 Å². The molecule has 26 heavy (non-hydrogen) atoms. The first-order chi connectivity index (χ1) is 12.4. The Morgan fingerprint density at radius 3 is 2.38 bits per heavy atom. The van der Waals surface area contributed by atoms with Crippen LogP contribution in [0.1, 0.15) is 26.2 Å². The van der Waals surface area contributed by atoms with Crippen LogP contribution in [0.15, 0.2) is 0 Å². The first-order valence-electron chi connectivity index (χ1n) is 8.94. The molecule has 0 amide bonds. The lowest BCUT2D eigenvalue weighted by atomic mass is 10.0. The van der Waals surface area contributed by atoms with Crippen molar-refractivity contribution < 1.29 is 44.8 Å². The molecule has 2 saturated heterocycles. The van der Waals surface area contributed by atoms with Gasteiger partial charge in [-0.2, -0.15) is 0 Å². The van der Waals surface area contributed by atoms with Crippen molar-refractivity contribution in [2.75, 3.05) is 19.0 Å². The van der Waals surface area contributed by atoms with Gasteiger partial charge in [0.1, 0.15) is 36.0 Å². The summed E-state index contributed by atoms with van der Waals surface area (Å²) in [4.78, 5) is 0. The minimum atomic E-state index is -1.38. The fourth-order valence-corrected chi connectivity index (χ4v) is 4.16. The fraction of sp³-hybridized carbons (Fsp3) is 1.00. The number of aliphatic hydroxyl groups is 6. The van der Waals surface area contributed by atoms with E-state index in [0.29, 0.717) is 25.0 Å². The van der Waals surface area contributed by atoms with Crippen molar-refractivity contribution in [2.24, 2.45) is 0 Å². The van der Waals surface area contributed by atoms with Gasteiger partial charge in [-0.1, -0.05) is 6.92 Å². The Hall–Kier alpha value is -0.0100. The van der Waals surface area contributed by atoms with Crippen LogP contribution < -0.4 is 0 Å². The van der Waals surface area contributed by atoms with Gasteiger partial charge in [0.05, 0.1) is 18.8 Å². The number of hydrogen-bond acceptors (Lipinski definition) is 10. The van der Waals surface area contributed by atoms with E-state index in [1.165, 1.54) is 11.8 Å². The van der Waals surface area contributed by atoms with E-state index in [0.717, 1.165) is 0 Å². The maximum atomic E-state index is 10.0. The summed E-state index contributed by atoms with van der Waals surface area (Å²) in [5, 5.41) is 58.5. The van der Waals surface area contributed by atoms with Gasteiger partial charge in [0.25, 0.3) is 0 Å². The summed E-state index contributed by atoms with van der Waals surface area (Å²) in [6, 6.07) is 0. The molecule has 0 aromatic carbocycles. The maximum Gasteiger partial charge on any atom is 0.183 e. The molecule has 0 aliphatic carbocycles. The number of thioether (sulfide) groups is 1. The van der Waals surface area contributed by atoms with E-state index in [4.69, 9.17) is 19.3 Å². The highest BCUT2D eigenvalue weighted by Gasteiger charge is 2.43. The molecule has 10 heteroatoms. The normalized spacial score (nSPS) is 44.2. The van der Waals surface area contributed by atoms with Gasteiger partial charge in [-0.25, -0.2) is 0 Å². The lowest BCUT2D eigenvalue weighted by Crippen LogP contribution is -2.57. The molecule has 9 nitrogen and oxygen atoms in total. The third-order valence-corrected chi connectivity index (χ3v) is 5.92. The zero-order chi connectivity index (χ0) is 19.3. The molecule has 2 rings (SSSR count). The standard InChI is InChI=1S/C16H30O9S/c1-2-8-6-9(18)14(15(22)24-8)23-4-3-5-26-16-13(21)12(20)11(19)10(7-17)25-16/h8-22H,2-7H2,1H3/t8?,9-,10?,11-,12-,13?,14?,15-,16-/m0/s1. The Labute approximate surface area is 156 Å². The topological polar surface area (TPSA) is 149 Å². The van der Waals surface area contributed by atoms with Crippen LogP contribution >= 0.6 is 11.8 Å². The van der Waals surface area contributed by atoms with Gasteiger partial charge in [-0.05, 0) is 18.6 Å². The average molecular weight is 398 g/mol. The molecule has 154 valence electrons. The van der Waals surface area contributed by atoms with E-state index in [1.807, 2.05) is 6.92 Å². The summed E-state index contributed by atoms with van der Waals surface area (Å²) in [5.74, 6) is 0.514. The number of rotatable bonds is 8. The summed E-state index contributed by atoms with van der Waals surface area (Å²) in [7, 11) is 0. The molecule has 0 spiro atoms. The van der Waals surface area contributed by atoms with Crippen molar-refractivity contribution in [3.8, 4) is 0 Å². The second kappa shape index (κ2) is 10.5. The van der Waals surface area contributed by atoms with Crippen molar-refractivity contribution >= 4 is 11.8 Å². The number of aliphatic hydroxyl groups excluding tert-OH is 6. The van der Waals surface area contributed by atoms with Crippen molar-refractivity contribution in [1.82, 2.24) is 0 Å². The molecule has 0 saturated carbocycles. The predicted octanol–water partition coefficient (Wildman–Crippen LogP) is -1.83. The average Bonchev–Trinajstić information content (AvgIpc) is 2.62. The Kier molecular flexibility index (Phi) is 9.01. The Morgan fingerprint density at radius 2 is 1.77 bits per heavy atom. The molecule has 6 N–H and O–H groups in total. The first kappa shape index (κ1) is 22.3. The van der Waals surface area contributed by atoms with E-state index in [2.05, 4.69) is 0 Å². The van der Waals surface area contributed by atoms with Gasteiger partial charge in [-0.15, -0.1) is 11.8 Å². The van der Waals surface area contributed by atoms with E-state index in [1.54, 1.807) is 0 Å². The third kappa shape index (κ3) is 5.51. The molecule has 0 aromatic rings. The van der Waals surface area contributed by atoms with Crippen LogP contribution in [-0.2, 0) is 14.2 Å². The van der Waals surface area contributed by atoms with Gasteiger partial charge in [0, 0.05) is 13.0 Å². The minimum absolute atomic E-state index is 0.179. The molecule has 9 atom stereocenters. The van der Waals surface area contributed by atoms with Gasteiger partial charge < -0.3 is 44.8 Å². The predicted molar refractivity (Wildman–Crippen MR) is 92.4 cm³/mol. The third-order valence-electron chi connectivity index (χ3n) is 4.68. The van der Waals surface area contributed by atoms with Crippen molar-refractivity contribution in [1.29, 1.82) is 0 Å². The van der Waals surface area contributed by atoms with E-state index in [-0.39, 0.29) is 12.7 Å². The number of ether oxygens (including phenoxy) is 3. The smallest absolute Gasteiger partial charge is 0.183 e. The second-order valence-electron chi connectivity index (χ2n) is 6.62. The van der Waals surface area contributed by atoms with Crippen LogP contribution in [0.2, 0.25) is 0 Å². The molecule has 2 fully saturated rings. The molecule has 2 aliphatic rings. The highest BCUT2D eigenvalue weighted by molar-refractivity contribution is 7.99. The molecule has 0 aromatic heterocycles. The Morgan fingerprint density at radius 1 is 1.04 bits per heavy atom. The van der Waals surface area contributed by atoms with Gasteiger partial charge in [0.15, 0.2) is 6.29 Å². The highest BCUT2D eigenvalue weighted by atomic mass is 32.2. The number of hydrogen-bond donors (Lipinski definition) is 6. The molecule has 0 bridgehead atoms. The summed E-state index contributed by atoms with van der Waals surface area (Å²) in [6.45, 7) is 1.73. The fourth-order valence-electron chi connectivity index (χ4n) is 3.06. The largest absolute Gasteiger partial charge is 0.394 e. The second-order valence-corrected chi connectivity index (χ2v) is 7.82. The van der Waals surface area contributed by atoms with E-state index >= 15 is 0 Å². The molecular formula is C16H30O9S. The zero-order valence-corrected chi connectivity index (χ0v) is 15.6. The Bertz CT molecular complexity index is 401. The zero-order valence-electron chi connectivity index (χ0n) is 14.8. The molecule has 0 radical (unpaired) electrons. The SMILES string of the molecule is CCC1C[C@H](O)C(OCCCS[C@@H]2OC(CO)[C@H](O)[C@H](O)C2O)[C@@H](O)O1. The summed E-state index contributed by atoms with van der Waals surface area (Å²) in [6.07, 6.45) is -6.19. The van der Waals surface area contributed by atoms with Gasteiger partial charge in [0.2, 0.25) is 0 Å². The molecule has 2 heterocycles. The summed E-state index contributed by atoms with van der Waals surface area (Å²) >= 11 is 1.23. The molecule has 4 unspecified atom stereocenters. The lowest BCUT2D eigenvalue weighted by molar-refractivity contribution is -0.259. The van der Waals surface area contributed by atoms with Crippen LogP contribution in [-0.4, -0.2) is 104 Å². The van der Waals surface area contributed by atoms with Gasteiger partial charge in [-0.3, -0.25) is 0 Å². The monoisotopic (exact) mass is 398 g/mol. The quantitative estimate of drug-likeness (QED) is 0.258. The van der Waals surface area contributed by atoms with Crippen LogP contribution in [0.3, 0.4) is 0 Å². The first-order valence-corrected chi connectivity index (χ1v) is 9.99. The van der Waals surface area contributed by atoms with Crippen molar-refractivity contribution in [3.05, 3.63) is 0 Å². The summed E-state index contributed by atoms with van der Waals surface area (Å²) in [5.41, 5.74) is -0.773. The lowest BCUT2D eigenvalue weighted by Gasteiger charge is -2.39. The Balaban J connectivity index is 1.69. The summed E-state index contributed by atoms with van der Waals surface area (Å²) < 4.78 is 16.3. The van der Waals surface area contributed by atoms with E-state index in [9.17, 15) is 25.5 Å². The van der Waals surface area contributed by atoms with Crippen LogP contribution in [0.4, 0.5) is 0 Å². The maximum absolute atomic E-state index is 10.0. The van der Waals surface area contributed by atoms with E-state index < -0.39 is 55.0 Å². The van der Waals surface area contributed by atoms with Crippen LogP contribution in [0, 0.1) is 0 Å². The van der Waals surface area contributed by atoms with Crippen LogP contribution in [0.25, 0.3) is 0 Å². The molecular weight excluding hydrogens is 368 g/mol.